The zero-order chi connectivity index (χ0) is 23.2. The molecule has 168 valence electrons. The lowest BCUT2D eigenvalue weighted by Gasteiger charge is -2.11. The van der Waals surface area contributed by atoms with Gasteiger partial charge in [0.25, 0.3) is 5.91 Å². The Balaban J connectivity index is 1.44. The molecule has 33 heavy (non-hydrogen) atoms. The first-order valence-electron chi connectivity index (χ1n) is 10.7. The van der Waals surface area contributed by atoms with E-state index in [1.807, 2.05) is 73.6 Å². The molecule has 2 heterocycles. The van der Waals surface area contributed by atoms with Gasteiger partial charge in [-0.2, -0.15) is 4.98 Å². The number of nitrogens with one attached hydrogen (secondary N) is 3. The summed E-state index contributed by atoms with van der Waals surface area (Å²) in [6.07, 6.45) is 1.63. The monoisotopic (exact) mass is 442 g/mol. The number of H-pyrrole nitrogens is 1. The number of aromatic amines is 1. The summed E-state index contributed by atoms with van der Waals surface area (Å²) in [5.74, 6) is 0.422. The topological polar surface area (TPSA) is 103 Å². The Labute approximate surface area is 191 Å². The molecule has 0 radical (unpaired) electrons. The maximum Gasteiger partial charge on any atom is 0.348 e. The molecule has 4 rings (SSSR count). The third-order valence-corrected chi connectivity index (χ3v) is 5.22. The van der Waals surface area contributed by atoms with Crippen LogP contribution in [0, 0.1) is 0 Å². The number of rotatable bonds is 8. The van der Waals surface area contributed by atoms with E-state index in [4.69, 9.17) is 0 Å². The number of nitrogens with zero attached hydrogens (tertiary/aromatic N) is 3. The maximum absolute atomic E-state index is 12.4. The highest BCUT2D eigenvalue weighted by molar-refractivity contribution is 5.95. The number of hydrogen-bond acceptors (Lipinski definition) is 6. The molecule has 0 spiro atoms. The molecule has 0 saturated heterocycles. The standard InChI is InChI=1S/C25H26N6O2/c1-31(2)14-13-27-24(32)20-6-3-5-19(15-20)18-10-8-17(9-11-18)16-28-23-21-7-4-12-26-22(21)29-25(33)30-23/h3-12,15H,13-14,16H2,1-2H3,(H,27,32)(H2,26,28,29,30,33). The van der Waals surface area contributed by atoms with Gasteiger partial charge in [0.2, 0.25) is 0 Å². The number of pyridine rings is 1. The minimum Gasteiger partial charge on any atom is -0.365 e. The number of hydrogen-bond donors (Lipinski definition) is 3. The van der Waals surface area contributed by atoms with Gasteiger partial charge < -0.3 is 15.5 Å². The summed E-state index contributed by atoms with van der Waals surface area (Å²) in [4.78, 5) is 37.1. The van der Waals surface area contributed by atoms with Crippen molar-refractivity contribution in [1.82, 2.24) is 25.2 Å². The normalized spacial score (nSPS) is 11.0. The molecule has 1 amide bonds. The molecule has 0 bridgehead atoms. The Morgan fingerprint density at radius 2 is 1.85 bits per heavy atom. The van der Waals surface area contributed by atoms with Crippen LogP contribution in [-0.4, -0.2) is 52.9 Å². The van der Waals surface area contributed by atoms with Crippen LogP contribution in [0.15, 0.2) is 71.7 Å². The van der Waals surface area contributed by atoms with Crippen molar-refractivity contribution < 1.29 is 4.79 Å². The van der Waals surface area contributed by atoms with Crippen molar-refractivity contribution in [2.45, 2.75) is 6.54 Å². The zero-order valence-corrected chi connectivity index (χ0v) is 18.6. The van der Waals surface area contributed by atoms with Crippen LogP contribution in [0.3, 0.4) is 0 Å². The molecule has 0 saturated carbocycles. The summed E-state index contributed by atoms with van der Waals surface area (Å²) in [7, 11) is 3.95. The quantitative estimate of drug-likeness (QED) is 0.388. The second kappa shape index (κ2) is 10.1. The van der Waals surface area contributed by atoms with Gasteiger partial charge in [-0.15, -0.1) is 0 Å². The van der Waals surface area contributed by atoms with Crippen molar-refractivity contribution in [3.05, 3.63) is 88.5 Å². The molecule has 8 heteroatoms. The highest BCUT2D eigenvalue weighted by atomic mass is 16.1. The second-order valence-corrected chi connectivity index (χ2v) is 7.98. The van der Waals surface area contributed by atoms with E-state index in [-0.39, 0.29) is 5.91 Å². The number of benzene rings is 2. The average Bonchev–Trinajstić information content (AvgIpc) is 2.82. The Morgan fingerprint density at radius 3 is 2.64 bits per heavy atom. The van der Waals surface area contributed by atoms with Gasteiger partial charge in [-0.3, -0.25) is 9.78 Å². The minimum absolute atomic E-state index is 0.0772. The first-order chi connectivity index (χ1) is 16.0. The number of anilines is 1. The number of carbonyl (C=O) groups is 1. The Morgan fingerprint density at radius 1 is 1.03 bits per heavy atom. The SMILES string of the molecule is CN(C)CCNC(=O)c1cccc(-c2ccc(CNc3nc(=O)[nH]c4ncccc34)cc2)c1. The molecule has 2 aromatic carbocycles. The molecule has 0 atom stereocenters. The van der Waals surface area contributed by atoms with Gasteiger partial charge in [0, 0.05) is 31.4 Å². The van der Waals surface area contributed by atoms with Gasteiger partial charge in [-0.1, -0.05) is 36.4 Å². The molecule has 2 aromatic heterocycles. The molecule has 0 aliphatic carbocycles. The van der Waals surface area contributed by atoms with Crippen LogP contribution in [0.5, 0.6) is 0 Å². The lowest BCUT2D eigenvalue weighted by Crippen LogP contribution is -2.31. The van der Waals surface area contributed by atoms with Gasteiger partial charge in [0.05, 0.1) is 5.39 Å². The predicted molar refractivity (Wildman–Crippen MR) is 130 cm³/mol. The molecular formula is C25H26N6O2. The number of carbonyl (C=O) groups excluding carboxylic acids is 1. The van der Waals surface area contributed by atoms with Gasteiger partial charge in [-0.05, 0) is 55.1 Å². The fourth-order valence-electron chi connectivity index (χ4n) is 3.46. The first kappa shape index (κ1) is 22.2. The van der Waals surface area contributed by atoms with Crippen LogP contribution in [0.4, 0.5) is 5.82 Å². The molecule has 3 N–H and O–H groups in total. The van der Waals surface area contributed by atoms with E-state index in [0.29, 0.717) is 30.1 Å². The Bertz CT molecular complexity index is 1310. The van der Waals surface area contributed by atoms with Crippen molar-refractivity contribution in [3.8, 4) is 11.1 Å². The largest absolute Gasteiger partial charge is 0.365 e. The number of fused-ring (bicyclic) bond motifs is 1. The third kappa shape index (κ3) is 5.61. The molecule has 0 fully saturated rings. The lowest BCUT2D eigenvalue weighted by molar-refractivity contribution is 0.0951. The van der Waals surface area contributed by atoms with Crippen LogP contribution in [0.25, 0.3) is 22.2 Å². The van der Waals surface area contributed by atoms with E-state index in [1.54, 1.807) is 12.3 Å². The molecular weight excluding hydrogens is 416 g/mol. The van der Waals surface area contributed by atoms with Crippen LogP contribution < -0.4 is 16.3 Å². The number of amides is 1. The van der Waals surface area contributed by atoms with Gasteiger partial charge >= 0.3 is 5.69 Å². The smallest absolute Gasteiger partial charge is 0.348 e. The van der Waals surface area contributed by atoms with Gasteiger partial charge in [0.1, 0.15) is 11.5 Å². The van der Waals surface area contributed by atoms with Crippen LogP contribution in [0.1, 0.15) is 15.9 Å². The molecule has 0 unspecified atom stereocenters. The third-order valence-electron chi connectivity index (χ3n) is 5.22. The first-order valence-corrected chi connectivity index (χ1v) is 10.7. The van der Waals surface area contributed by atoms with Crippen molar-refractivity contribution in [2.75, 3.05) is 32.5 Å². The predicted octanol–water partition coefficient (Wildman–Crippen LogP) is 2.89. The minimum atomic E-state index is -0.440. The van der Waals surface area contributed by atoms with E-state index in [9.17, 15) is 9.59 Å². The highest BCUT2D eigenvalue weighted by Gasteiger charge is 2.08. The van der Waals surface area contributed by atoms with Crippen LogP contribution >= 0.6 is 0 Å². The van der Waals surface area contributed by atoms with E-state index in [2.05, 4.69) is 25.6 Å². The van der Waals surface area contributed by atoms with E-state index < -0.39 is 5.69 Å². The summed E-state index contributed by atoms with van der Waals surface area (Å²) < 4.78 is 0. The average molecular weight is 443 g/mol. The summed E-state index contributed by atoms with van der Waals surface area (Å²) >= 11 is 0. The maximum atomic E-state index is 12.4. The van der Waals surface area contributed by atoms with Crippen molar-refractivity contribution in [2.24, 2.45) is 0 Å². The zero-order valence-electron chi connectivity index (χ0n) is 18.6. The number of aromatic nitrogens is 3. The van der Waals surface area contributed by atoms with Crippen LogP contribution in [0.2, 0.25) is 0 Å². The molecule has 0 aliphatic rings. The van der Waals surface area contributed by atoms with E-state index in [1.165, 1.54) is 0 Å². The lowest BCUT2D eigenvalue weighted by atomic mass is 10.0. The second-order valence-electron chi connectivity index (χ2n) is 7.98. The highest BCUT2D eigenvalue weighted by Crippen LogP contribution is 2.22. The van der Waals surface area contributed by atoms with E-state index in [0.717, 1.165) is 28.6 Å². The van der Waals surface area contributed by atoms with Gasteiger partial charge in [0.15, 0.2) is 0 Å². The summed E-state index contributed by atoms with van der Waals surface area (Å²) in [6, 6.07) is 19.3. The van der Waals surface area contributed by atoms with E-state index >= 15 is 0 Å². The molecule has 4 aromatic rings. The Kier molecular flexibility index (Phi) is 6.75. The van der Waals surface area contributed by atoms with Crippen LogP contribution in [-0.2, 0) is 6.54 Å². The summed E-state index contributed by atoms with van der Waals surface area (Å²) in [5.41, 5.74) is 3.73. The summed E-state index contributed by atoms with van der Waals surface area (Å²) in [5, 5.41) is 6.93. The number of likely N-dealkylation sites (N-methyl/N-ethyl adjacent to an activating group) is 1. The molecule has 0 aliphatic heterocycles. The summed E-state index contributed by atoms with van der Waals surface area (Å²) in [6.45, 7) is 1.90. The Hall–Kier alpha value is -4.04. The fraction of sp³-hybridized carbons (Fsp3) is 0.200. The fourth-order valence-corrected chi connectivity index (χ4v) is 3.46. The van der Waals surface area contributed by atoms with Crippen molar-refractivity contribution in [1.29, 1.82) is 0 Å². The van der Waals surface area contributed by atoms with Gasteiger partial charge in [-0.25, -0.2) is 9.78 Å². The molecule has 8 nitrogen and oxygen atoms in total. The van der Waals surface area contributed by atoms with Crippen molar-refractivity contribution in [3.63, 3.8) is 0 Å². The van der Waals surface area contributed by atoms with Crippen molar-refractivity contribution >= 4 is 22.8 Å².